The van der Waals surface area contributed by atoms with Crippen LogP contribution >= 0.6 is 11.3 Å². The molecule has 21 heavy (non-hydrogen) atoms. The van der Waals surface area contributed by atoms with Gasteiger partial charge in [-0.1, -0.05) is 0 Å². The lowest BCUT2D eigenvalue weighted by Crippen LogP contribution is -2.39. The first-order valence-electron chi connectivity index (χ1n) is 6.65. The number of hydrogen-bond acceptors (Lipinski definition) is 4. The number of amides is 1. The number of fused-ring (bicyclic) bond motifs is 1. The summed E-state index contributed by atoms with van der Waals surface area (Å²) in [4.78, 5) is 30.9. The number of aromatic nitrogens is 1. The quantitative estimate of drug-likeness (QED) is 0.925. The molecule has 0 radical (unpaired) electrons. The van der Waals surface area contributed by atoms with E-state index in [-0.39, 0.29) is 23.2 Å². The van der Waals surface area contributed by atoms with Crippen LogP contribution in [0, 0.1) is 0 Å². The maximum absolute atomic E-state index is 12.7. The van der Waals surface area contributed by atoms with E-state index in [9.17, 15) is 14.7 Å². The minimum Gasteiger partial charge on any atom is -0.478 e. The van der Waals surface area contributed by atoms with Crippen molar-refractivity contribution in [1.82, 2.24) is 9.88 Å². The van der Waals surface area contributed by atoms with Gasteiger partial charge in [0.2, 0.25) is 0 Å². The molecule has 5 nitrogen and oxygen atoms in total. The van der Waals surface area contributed by atoms with Crippen molar-refractivity contribution < 1.29 is 14.7 Å². The number of aromatic carboxylic acids is 1. The number of hydrogen-bond donors (Lipinski definition) is 1. The summed E-state index contributed by atoms with van der Waals surface area (Å²) < 4.78 is 0. The molecule has 6 heteroatoms. The summed E-state index contributed by atoms with van der Waals surface area (Å²) in [6.07, 6.45) is 2.25. The smallest absolute Gasteiger partial charge is 0.338 e. The van der Waals surface area contributed by atoms with E-state index in [4.69, 9.17) is 0 Å². The second-order valence-corrected chi connectivity index (χ2v) is 5.93. The highest BCUT2D eigenvalue weighted by atomic mass is 32.1. The molecule has 0 spiro atoms. The van der Waals surface area contributed by atoms with Crippen LogP contribution in [0.1, 0.15) is 44.3 Å². The average Bonchev–Trinajstić information content (AvgIpc) is 2.96. The Hall–Kier alpha value is -2.21. The number of nitrogens with zero attached hydrogens (tertiary/aromatic N) is 2. The Morgan fingerprint density at radius 1 is 1.43 bits per heavy atom. The SMILES string of the molecule is CC1c2ccsc2CCN1C(=O)c1ncccc1C(=O)O. The largest absolute Gasteiger partial charge is 0.478 e. The fourth-order valence-electron chi connectivity index (χ4n) is 2.67. The standard InChI is InChI=1S/C15H14N2O3S/c1-9-10-5-8-21-12(10)4-7-17(9)14(18)13-11(15(19)20)3-2-6-16-13/h2-3,5-6,8-9H,4,7H2,1H3,(H,19,20). The summed E-state index contributed by atoms with van der Waals surface area (Å²) in [5.41, 5.74) is 1.11. The van der Waals surface area contributed by atoms with E-state index in [1.807, 2.05) is 18.4 Å². The summed E-state index contributed by atoms with van der Waals surface area (Å²) in [5, 5.41) is 11.2. The summed E-state index contributed by atoms with van der Waals surface area (Å²) in [6, 6.07) is 4.90. The van der Waals surface area contributed by atoms with E-state index in [1.165, 1.54) is 23.2 Å². The molecule has 1 unspecified atom stereocenters. The molecule has 0 aliphatic carbocycles. The molecule has 1 atom stereocenters. The summed E-state index contributed by atoms with van der Waals surface area (Å²) >= 11 is 1.70. The number of pyridine rings is 1. The van der Waals surface area contributed by atoms with E-state index in [0.717, 1.165) is 12.0 Å². The van der Waals surface area contributed by atoms with Gasteiger partial charge in [-0.05, 0) is 42.5 Å². The first-order valence-corrected chi connectivity index (χ1v) is 7.53. The molecule has 0 fully saturated rings. The molecule has 108 valence electrons. The molecule has 0 saturated carbocycles. The number of carboxylic acids is 1. The third-order valence-electron chi connectivity index (χ3n) is 3.78. The van der Waals surface area contributed by atoms with Gasteiger partial charge in [0.25, 0.3) is 5.91 Å². The van der Waals surface area contributed by atoms with E-state index < -0.39 is 5.97 Å². The molecule has 2 aromatic heterocycles. The Kier molecular flexibility index (Phi) is 3.47. The first kappa shape index (κ1) is 13.8. The zero-order valence-corrected chi connectivity index (χ0v) is 12.3. The van der Waals surface area contributed by atoms with Crippen molar-refractivity contribution in [3.05, 3.63) is 51.5 Å². The van der Waals surface area contributed by atoms with Crippen LogP contribution < -0.4 is 0 Å². The van der Waals surface area contributed by atoms with Crippen LogP contribution in [0.2, 0.25) is 0 Å². The Morgan fingerprint density at radius 3 is 3.00 bits per heavy atom. The Labute approximate surface area is 125 Å². The molecule has 1 N–H and O–H groups in total. The van der Waals surface area contributed by atoms with Crippen LogP contribution in [0.3, 0.4) is 0 Å². The molecule has 1 aliphatic heterocycles. The van der Waals surface area contributed by atoms with E-state index >= 15 is 0 Å². The molecule has 3 rings (SSSR count). The summed E-state index contributed by atoms with van der Waals surface area (Å²) in [7, 11) is 0. The predicted molar refractivity (Wildman–Crippen MR) is 78.7 cm³/mol. The van der Waals surface area contributed by atoms with Crippen LogP contribution in [0.5, 0.6) is 0 Å². The molecular formula is C15H14N2O3S. The topological polar surface area (TPSA) is 70.5 Å². The van der Waals surface area contributed by atoms with Crippen LogP contribution in [0.15, 0.2) is 29.8 Å². The third kappa shape index (κ3) is 2.31. The Balaban J connectivity index is 1.95. The van der Waals surface area contributed by atoms with E-state index in [2.05, 4.69) is 4.98 Å². The zero-order chi connectivity index (χ0) is 15.0. The number of carboxylic acid groups (broad SMARTS) is 1. The summed E-state index contributed by atoms with van der Waals surface area (Å²) in [5.74, 6) is -1.45. The third-order valence-corrected chi connectivity index (χ3v) is 4.78. The molecule has 0 saturated heterocycles. The number of thiophene rings is 1. The van der Waals surface area contributed by atoms with Crippen molar-refractivity contribution in [2.24, 2.45) is 0 Å². The van der Waals surface area contributed by atoms with Crippen molar-refractivity contribution in [2.75, 3.05) is 6.54 Å². The van der Waals surface area contributed by atoms with Crippen LogP contribution in [-0.4, -0.2) is 33.4 Å². The number of carbonyl (C=O) groups excluding carboxylic acids is 1. The van der Waals surface area contributed by atoms with Gasteiger partial charge < -0.3 is 10.0 Å². The summed E-state index contributed by atoms with van der Waals surface area (Å²) in [6.45, 7) is 2.55. The van der Waals surface area contributed by atoms with Gasteiger partial charge in [-0.15, -0.1) is 11.3 Å². The fourth-order valence-corrected chi connectivity index (χ4v) is 3.63. The Morgan fingerprint density at radius 2 is 2.24 bits per heavy atom. The normalized spacial score (nSPS) is 17.4. The highest BCUT2D eigenvalue weighted by molar-refractivity contribution is 7.10. The average molecular weight is 302 g/mol. The van der Waals surface area contributed by atoms with Gasteiger partial charge in [-0.25, -0.2) is 4.79 Å². The van der Waals surface area contributed by atoms with Gasteiger partial charge in [-0.3, -0.25) is 9.78 Å². The molecule has 2 aromatic rings. The predicted octanol–water partition coefficient (Wildman–Crippen LogP) is 2.60. The molecule has 0 bridgehead atoms. The number of carbonyl (C=O) groups is 2. The highest BCUT2D eigenvalue weighted by Crippen LogP contribution is 2.33. The maximum atomic E-state index is 12.7. The van der Waals surface area contributed by atoms with Gasteiger partial charge in [0, 0.05) is 17.6 Å². The van der Waals surface area contributed by atoms with E-state index in [1.54, 1.807) is 16.2 Å². The van der Waals surface area contributed by atoms with Crippen LogP contribution in [0.4, 0.5) is 0 Å². The van der Waals surface area contributed by atoms with Crippen molar-refractivity contribution in [1.29, 1.82) is 0 Å². The van der Waals surface area contributed by atoms with Crippen molar-refractivity contribution >= 4 is 23.2 Å². The minimum absolute atomic E-state index is 0.00975. The molecule has 1 amide bonds. The number of rotatable bonds is 2. The zero-order valence-electron chi connectivity index (χ0n) is 11.4. The molecular weight excluding hydrogens is 288 g/mol. The molecule has 0 aromatic carbocycles. The van der Waals surface area contributed by atoms with Crippen molar-refractivity contribution in [3.8, 4) is 0 Å². The second-order valence-electron chi connectivity index (χ2n) is 4.93. The monoisotopic (exact) mass is 302 g/mol. The lowest BCUT2D eigenvalue weighted by Gasteiger charge is -2.33. The highest BCUT2D eigenvalue weighted by Gasteiger charge is 2.31. The van der Waals surface area contributed by atoms with Crippen molar-refractivity contribution in [3.63, 3.8) is 0 Å². The van der Waals surface area contributed by atoms with Gasteiger partial charge in [0.15, 0.2) is 0 Å². The lowest BCUT2D eigenvalue weighted by molar-refractivity contribution is 0.0638. The fraction of sp³-hybridized carbons (Fsp3) is 0.267. The van der Waals surface area contributed by atoms with Gasteiger partial charge in [0.05, 0.1) is 11.6 Å². The van der Waals surface area contributed by atoms with Crippen LogP contribution in [-0.2, 0) is 6.42 Å². The molecule has 1 aliphatic rings. The second kappa shape index (κ2) is 5.29. The lowest BCUT2D eigenvalue weighted by atomic mass is 10.0. The molecule has 3 heterocycles. The van der Waals surface area contributed by atoms with Gasteiger partial charge in [-0.2, -0.15) is 0 Å². The van der Waals surface area contributed by atoms with Gasteiger partial charge in [0.1, 0.15) is 5.69 Å². The van der Waals surface area contributed by atoms with E-state index in [0.29, 0.717) is 6.54 Å². The minimum atomic E-state index is -1.13. The van der Waals surface area contributed by atoms with Crippen molar-refractivity contribution in [2.45, 2.75) is 19.4 Å². The first-order chi connectivity index (χ1) is 10.1. The maximum Gasteiger partial charge on any atom is 0.338 e. The van der Waals surface area contributed by atoms with Crippen LogP contribution in [0.25, 0.3) is 0 Å². The Bertz CT molecular complexity index is 710. The van der Waals surface area contributed by atoms with Gasteiger partial charge >= 0.3 is 5.97 Å².